The minimum Gasteiger partial charge on any atom is -0.478 e. The molecular weight excluding hydrogens is 276 g/mol. The summed E-state index contributed by atoms with van der Waals surface area (Å²) in [6.45, 7) is 6.35. The zero-order valence-corrected chi connectivity index (χ0v) is 13.3. The number of benzene rings is 1. The average Bonchev–Trinajstić information content (AvgIpc) is 3.22. The molecule has 2 fully saturated rings. The standard InChI is InChI=1S/C18H26N2O2/c1-13-10-17(13)19-11-14-6-8-20(9-7-14)12-15-4-2-3-5-16(15)18(21)22/h2-5,13-14,17,19H,6-12H2,1H3,(H,21,22)/t13-,17-/m1/s1. The molecule has 2 aliphatic rings. The van der Waals surface area contributed by atoms with E-state index in [9.17, 15) is 9.90 Å². The topological polar surface area (TPSA) is 52.6 Å². The molecule has 0 unspecified atom stereocenters. The van der Waals surface area contributed by atoms with Crippen LogP contribution in [0.25, 0.3) is 0 Å². The number of nitrogens with zero attached hydrogens (tertiary/aromatic N) is 1. The van der Waals surface area contributed by atoms with E-state index in [2.05, 4.69) is 17.1 Å². The summed E-state index contributed by atoms with van der Waals surface area (Å²) in [5, 5.41) is 12.9. The third-order valence-electron chi connectivity index (χ3n) is 5.13. The molecule has 0 radical (unpaired) electrons. The second kappa shape index (κ2) is 6.80. The van der Waals surface area contributed by atoms with E-state index >= 15 is 0 Å². The van der Waals surface area contributed by atoms with E-state index in [-0.39, 0.29) is 0 Å². The lowest BCUT2D eigenvalue weighted by Gasteiger charge is -2.32. The van der Waals surface area contributed by atoms with Gasteiger partial charge in [-0.3, -0.25) is 4.90 Å². The molecule has 1 saturated carbocycles. The fraction of sp³-hybridized carbons (Fsp3) is 0.611. The van der Waals surface area contributed by atoms with E-state index in [1.165, 1.54) is 19.3 Å². The number of hydrogen-bond donors (Lipinski definition) is 2. The van der Waals surface area contributed by atoms with E-state index < -0.39 is 5.97 Å². The lowest BCUT2D eigenvalue weighted by molar-refractivity contribution is 0.0693. The zero-order valence-electron chi connectivity index (χ0n) is 13.3. The van der Waals surface area contributed by atoms with Crippen LogP contribution < -0.4 is 5.32 Å². The second-order valence-electron chi connectivity index (χ2n) is 6.91. The zero-order chi connectivity index (χ0) is 15.5. The highest BCUT2D eigenvalue weighted by Crippen LogP contribution is 2.29. The van der Waals surface area contributed by atoms with Crippen LogP contribution in [0.2, 0.25) is 0 Å². The third-order valence-corrected chi connectivity index (χ3v) is 5.13. The van der Waals surface area contributed by atoms with Gasteiger partial charge in [-0.05, 0) is 62.4 Å². The van der Waals surface area contributed by atoms with Gasteiger partial charge < -0.3 is 10.4 Å². The summed E-state index contributed by atoms with van der Waals surface area (Å²) in [6, 6.07) is 8.12. The molecule has 0 aromatic heterocycles. The summed E-state index contributed by atoms with van der Waals surface area (Å²) in [5.41, 5.74) is 1.37. The Labute approximate surface area is 132 Å². The predicted octanol–water partition coefficient (Wildman–Crippen LogP) is 2.59. The van der Waals surface area contributed by atoms with Gasteiger partial charge >= 0.3 is 5.97 Å². The number of nitrogens with one attached hydrogen (secondary N) is 1. The van der Waals surface area contributed by atoms with E-state index in [0.717, 1.165) is 49.6 Å². The Balaban J connectivity index is 1.46. The SMILES string of the molecule is C[C@@H]1C[C@H]1NCC1CCN(Cc2ccccc2C(=O)O)CC1. The minimum atomic E-state index is -0.826. The molecule has 1 aliphatic carbocycles. The van der Waals surface area contributed by atoms with Crippen LogP contribution in [0.5, 0.6) is 0 Å². The van der Waals surface area contributed by atoms with Crippen LogP contribution in [0, 0.1) is 11.8 Å². The summed E-state index contributed by atoms with van der Waals surface area (Å²) < 4.78 is 0. The van der Waals surface area contributed by atoms with Crippen molar-refractivity contribution in [1.82, 2.24) is 10.2 Å². The number of carboxylic acid groups (broad SMARTS) is 1. The van der Waals surface area contributed by atoms with Crippen molar-refractivity contribution < 1.29 is 9.90 Å². The number of carboxylic acids is 1. The van der Waals surface area contributed by atoms with Crippen LogP contribution in [-0.2, 0) is 6.54 Å². The van der Waals surface area contributed by atoms with E-state index in [1.54, 1.807) is 12.1 Å². The van der Waals surface area contributed by atoms with Gasteiger partial charge in [0, 0.05) is 12.6 Å². The van der Waals surface area contributed by atoms with Crippen molar-refractivity contribution >= 4 is 5.97 Å². The van der Waals surface area contributed by atoms with Gasteiger partial charge in [0.2, 0.25) is 0 Å². The summed E-state index contributed by atoms with van der Waals surface area (Å²) in [5.74, 6) is 0.819. The maximum absolute atomic E-state index is 11.3. The highest BCUT2D eigenvalue weighted by atomic mass is 16.4. The summed E-state index contributed by atoms with van der Waals surface area (Å²) in [6.07, 6.45) is 3.76. The average molecular weight is 302 g/mol. The van der Waals surface area contributed by atoms with Gasteiger partial charge in [-0.1, -0.05) is 25.1 Å². The van der Waals surface area contributed by atoms with Gasteiger partial charge in [-0.25, -0.2) is 4.79 Å². The number of aromatic carboxylic acids is 1. The van der Waals surface area contributed by atoms with E-state index in [0.29, 0.717) is 5.56 Å². The molecule has 2 N–H and O–H groups in total. The molecule has 2 atom stereocenters. The Hall–Kier alpha value is -1.39. The van der Waals surface area contributed by atoms with Crippen molar-refractivity contribution in [2.75, 3.05) is 19.6 Å². The second-order valence-corrected chi connectivity index (χ2v) is 6.91. The molecule has 1 aromatic carbocycles. The number of likely N-dealkylation sites (tertiary alicyclic amines) is 1. The van der Waals surface area contributed by atoms with Gasteiger partial charge in [0.05, 0.1) is 5.56 Å². The molecular formula is C18H26N2O2. The van der Waals surface area contributed by atoms with Crippen LogP contribution in [0.15, 0.2) is 24.3 Å². The number of carbonyl (C=O) groups is 1. The van der Waals surface area contributed by atoms with Gasteiger partial charge in [-0.2, -0.15) is 0 Å². The first-order chi connectivity index (χ1) is 10.6. The minimum absolute atomic E-state index is 0.439. The Morgan fingerprint density at radius 2 is 2.00 bits per heavy atom. The highest BCUT2D eigenvalue weighted by molar-refractivity contribution is 5.89. The summed E-state index contributed by atoms with van der Waals surface area (Å²) in [7, 11) is 0. The predicted molar refractivity (Wildman–Crippen MR) is 87.0 cm³/mol. The Bertz CT molecular complexity index is 524. The van der Waals surface area contributed by atoms with Crippen LogP contribution >= 0.6 is 0 Å². The van der Waals surface area contributed by atoms with E-state index in [1.807, 2.05) is 12.1 Å². The smallest absolute Gasteiger partial charge is 0.336 e. The van der Waals surface area contributed by atoms with Crippen molar-refractivity contribution in [2.24, 2.45) is 11.8 Å². The molecule has 4 nitrogen and oxygen atoms in total. The first-order valence-corrected chi connectivity index (χ1v) is 8.40. The fourth-order valence-electron chi connectivity index (χ4n) is 3.38. The molecule has 1 heterocycles. The normalized spacial score (nSPS) is 26.0. The first kappa shape index (κ1) is 15.5. The number of piperidine rings is 1. The van der Waals surface area contributed by atoms with Gasteiger partial charge in [0.1, 0.15) is 0 Å². The lowest BCUT2D eigenvalue weighted by atomic mass is 9.96. The molecule has 0 bridgehead atoms. The van der Waals surface area contributed by atoms with Crippen LogP contribution in [0.4, 0.5) is 0 Å². The lowest BCUT2D eigenvalue weighted by Crippen LogP contribution is -2.37. The highest BCUT2D eigenvalue weighted by Gasteiger charge is 2.32. The molecule has 120 valence electrons. The maximum atomic E-state index is 11.3. The maximum Gasteiger partial charge on any atom is 0.336 e. The molecule has 1 saturated heterocycles. The largest absolute Gasteiger partial charge is 0.478 e. The third kappa shape index (κ3) is 3.87. The van der Waals surface area contributed by atoms with Gasteiger partial charge in [0.15, 0.2) is 0 Å². The molecule has 4 heteroatoms. The Morgan fingerprint density at radius 3 is 2.64 bits per heavy atom. The fourth-order valence-corrected chi connectivity index (χ4v) is 3.38. The van der Waals surface area contributed by atoms with Crippen molar-refractivity contribution in [3.05, 3.63) is 35.4 Å². The molecule has 0 amide bonds. The monoisotopic (exact) mass is 302 g/mol. The van der Waals surface area contributed by atoms with Crippen molar-refractivity contribution in [3.8, 4) is 0 Å². The molecule has 0 spiro atoms. The Morgan fingerprint density at radius 1 is 1.32 bits per heavy atom. The van der Waals surface area contributed by atoms with Crippen molar-refractivity contribution in [3.63, 3.8) is 0 Å². The van der Waals surface area contributed by atoms with Gasteiger partial charge in [-0.15, -0.1) is 0 Å². The van der Waals surface area contributed by atoms with Crippen LogP contribution in [0.1, 0.15) is 42.1 Å². The molecule has 3 rings (SSSR count). The summed E-state index contributed by atoms with van der Waals surface area (Å²) in [4.78, 5) is 13.7. The van der Waals surface area contributed by atoms with Crippen molar-refractivity contribution in [2.45, 2.75) is 38.8 Å². The summed E-state index contributed by atoms with van der Waals surface area (Å²) >= 11 is 0. The van der Waals surface area contributed by atoms with Crippen LogP contribution in [0.3, 0.4) is 0 Å². The number of hydrogen-bond acceptors (Lipinski definition) is 3. The number of rotatable bonds is 6. The van der Waals surface area contributed by atoms with Crippen molar-refractivity contribution in [1.29, 1.82) is 0 Å². The first-order valence-electron chi connectivity index (χ1n) is 8.40. The quantitative estimate of drug-likeness (QED) is 0.848. The molecule has 22 heavy (non-hydrogen) atoms. The Kier molecular flexibility index (Phi) is 4.79. The molecule has 1 aromatic rings. The van der Waals surface area contributed by atoms with E-state index in [4.69, 9.17) is 0 Å². The van der Waals surface area contributed by atoms with Crippen LogP contribution in [-0.4, -0.2) is 41.7 Å². The molecule has 1 aliphatic heterocycles. The van der Waals surface area contributed by atoms with Gasteiger partial charge in [0.25, 0.3) is 0 Å².